The molecule has 2 fully saturated rings. The number of benzene rings is 2. The summed E-state index contributed by atoms with van der Waals surface area (Å²) in [5.74, 6) is 0.427. The van der Waals surface area contributed by atoms with E-state index in [9.17, 15) is 8.78 Å². The number of ether oxygens (including phenoxy) is 1. The largest absolute Gasteiger partial charge is 0.494 e. The molecule has 1 aliphatic heterocycles. The summed E-state index contributed by atoms with van der Waals surface area (Å²) in [6, 6.07) is 9.26. The molecule has 0 radical (unpaired) electrons. The molecule has 1 saturated heterocycles. The molecular weight excluding hydrogens is 462 g/mol. The Hall–Kier alpha value is -4.03. The number of methoxy groups -OCH3 is 1. The maximum atomic E-state index is 14.8. The van der Waals surface area contributed by atoms with E-state index >= 15 is 0 Å². The zero-order valence-electron chi connectivity index (χ0n) is 19.7. The molecule has 0 amide bonds. The van der Waals surface area contributed by atoms with Crippen LogP contribution in [0.3, 0.4) is 0 Å². The third kappa shape index (κ3) is 3.48. The molecule has 0 spiro atoms. The highest BCUT2D eigenvalue weighted by Crippen LogP contribution is 2.41. The predicted molar refractivity (Wildman–Crippen MR) is 133 cm³/mol. The lowest BCUT2D eigenvalue weighted by Gasteiger charge is -2.37. The van der Waals surface area contributed by atoms with Gasteiger partial charge in [0.1, 0.15) is 11.5 Å². The summed E-state index contributed by atoms with van der Waals surface area (Å²) in [6.45, 7) is 8.75. The van der Waals surface area contributed by atoms with Gasteiger partial charge in [0.2, 0.25) is 11.6 Å². The van der Waals surface area contributed by atoms with Crippen LogP contribution in [0.25, 0.3) is 32.9 Å². The minimum atomic E-state index is -0.636. The number of hydrogen-bond acceptors (Lipinski definition) is 5. The van der Waals surface area contributed by atoms with Crippen LogP contribution in [-0.4, -0.2) is 40.6 Å². The third-order valence-electron chi connectivity index (χ3n) is 7.50. The van der Waals surface area contributed by atoms with Crippen LogP contribution in [0.2, 0.25) is 0 Å². The molecule has 1 saturated carbocycles. The molecule has 4 aromatic rings. The molecule has 9 heteroatoms. The summed E-state index contributed by atoms with van der Waals surface area (Å²) in [7, 11) is 1.41. The van der Waals surface area contributed by atoms with Crippen molar-refractivity contribution < 1.29 is 13.5 Å². The standard InChI is InChI=1S/C27H24F2N6O/c1-31-21-7-5-16(12-19(21)28)25-23(15-6-8-22(36-2)20(29)11-15)26-32-9-10-35(26)27(33-25)34-13-17-3-4-18(14-34)24(17)30/h5-12,17-18,24H,3-4,13-14,30H2,2H3. The lowest BCUT2D eigenvalue weighted by Crippen LogP contribution is -2.49. The molecule has 6 rings (SSSR count). The van der Waals surface area contributed by atoms with E-state index in [1.165, 1.54) is 25.3 Å². The second-order valence-electron chi connectivity index (χ2n) is 9.46. The van der Waals surface area contributed by atoms with E-state index in [0.717, 1.165) is 25.9 Å². The lowest BCUT2D eigenvalue weighted by atomic mass is 9.93. The molecule has 3 heterocycles. The van der Waals surface area contributed by atoms with Crippen molar-refractivity contribution in [2.75, 3.05) is 25.1 Å². The minimum absolute atomic E-state index is 0.0699. The highest BCUT2D eigenvalue weighted by atomic mass is 19.1. The van der Waals surface area contributed by atoms with E-state index in [0.29, 0.717) is 45.8 Å². The van der Waals surface area contributed by atoms with E-state index in [2.05, 4.69) is 14.7 Å². The highest BCUT2D eigenvalue weighted by Gasteiger charge is 2.41. The van der Waals surface area contributed by atoms with Crippen molar-refractivity contribution in [1.29, 1.82) is 0 Å². The van der Waals surface area contributed by atoms with Gasteiger partial charge in [0.05, 0.1) is 24.9 Å². The van der Waals surface area contributed by atoms with Gasteiger partial charge in [-0.2, -0.15) is 0 Å². The summed E-state index contributed by atoms with van der Waals surface area (Å²) in [5.41, 5.74) is 9.00. The van der Waals surface area contributed by atoms with Gasteiger partial charge in [-0.1, -0.05) is 18.2 Å². The van der Waals surface area contributed by atoms with Crippen LogP contribution < -0.4 is 15.4 Å². The molecule has 2 atom stereocenters. The van der Waals surface area contributed by atoms with Crippen LogP contribution in [0, 0.1) is 30.0 Å². The number of aromatic nitrogens is 3. The molecule has 2 unspecified atom stereocenters. The summed E-state index contributed by atoms with van der Waals surface area (Å²) in [4.78, 5) is 15.1. The second kappa shape index (κ2) is 8.57. The Bertz CT molecular complexity index is 1510. The van der Waals surface area contributed by atoms with Crippen LogP contribution in [0.4, 0.5) is 20.4 Å². The summed E-state index contributed by atoms with van der Waals surface area (Å²) in [6.07, 6.45) is 5.70. The number of imidazole rings is 1. The van der Waals surface area contributed by atoms with Gasteiger partial charge in [-0.3, -0.25) is 4.40 Å². The van der Waals surface area contributed by atoms with E-state index in [-0.39, 0.29) is 17.5 Å². The van der Waals surface area contributed by atoms with Gasteiger partial charge in [-0.15, -0.1) is 0 Å². The fraction of sp³-hybridized carbons (Fsp3) is 0.296. The summed E-state index contributed by atoms with van der Waals surface area (Å²) in [5, 5.41) is 0. The van der Waals surface area contributed by atoms with Crippen molar-refractivity contribution in [2.24, 2.45) is 17.6 Å². The van der Waals surface area contributed by atoms with Gasteiger partial charge < -0.3 is 15.4 Å². The second-order valence-corrected chi connectivity index (χ2v) is 9.46. The van der Waals surface area contributed by atoms with Gasteiger partial charge in [0.25, 0.3) is 0 Å². The normalized spacial score (nSPS) is 21.1. The number of hydrogen-bond donors (Lipinski definition) is 1. The third-order valence-corrected chi connectivity index (χ3v) is 7.50. The molecular formula is C27H24F2N6O. The van der Waals surface area contributed by atoms with Crippen molar-refractivity contribution in [2.45, 2.75) is 18.9 Å². The first-order valence-electron chi connectivity index (χ1n) is 11.9. The van der Waals surface area contributed by atoms with Gasteiger partial charge in [-0.05, 0) is 48.4 Å². The number of halogens is 2. The van der Waals surface area contributed by atoms with Crippen LogP contribution in [-0.2, 0) is 0 Å². The smallest absolute Gasteiger partial charge is 0.222 e. The Morgan fingerprint density at radius 3 is 2.44 bits per heavy atom. The SMILES string of the molecule is [C-]#[N+]c1ccc(-c2nc(N3CC4CCC(C3)C4N)n3ccnc3c2-c2ccc(OC)c(F)c2)cc1F. The van der Waals surface area contributed by atoms with Crippen molar-refractivity contribution >= 4 is 17.3 Å². The average molecular weight is 487 g/mol. The maximum absolute atomic E-state index is 14.8. The van der Waals surface area contributed by atoms with Gasteiger partial charge in [0, 0.05) is 37.1 Å². The lowest BCUT2D eigenvalue weighted by molar-refractivity contribution is 0.353. The Morgan fingerprint density at radius 1 is 1.06 bits per heavy atom. The first-order chi connectivity index (χ1) is 17.5. The summed E-state index contributed by atoms with van der Waals surface area (Å²) >= 11 is 0. The Kier molecular flexibility index (Phi) is 5.34. The quantitative estimate of drug-likeness (QED) is 0.408. The van der Waals surface area contributed by atoms with Gasteiger partial charge in [-0.25, -0.2) is 23.6 Å². The zero-order chi connectivity index (χ0) is 25.0. The Morgan fingerprint density at radius 2 is 1.78 bits per heavy atom. The maximum Gasteiger partial charge on any atom is 0.222 e. The van der Waals surface area contributed by atoms with Crippen molar-refractivity contribution in [3.8, 4) is 28.1 Å². The van der Waals surface area contributed by atoms with E-state index in [1.54, 1.807) is 24.4 Å². The Balaban J connectivity index is 1.59. The van der Waals surface area contributed by atoms with Crippen LogP contribution in [0.1, 0.15) is 12.8 Å². The molecule has 2 aromatic heterocycles. The number of nitrogens with two attached hydrogens (primary N) is 1. The Labute approximate surface area is 207 Å². The molecule has 2 aliphatic rings. The molecule has 2 aromatic carbocycles. The first-order valence-corrected chi connectivity index (χ1v) is 11.9. The minimum Gasteiger partial charge on any atom is -0.494 e. The van der Waals surface area contributed by atoms with Crippen molar-refractivity contribution in [3.05, 3.63) is 71.8 Å². The van der Waals surface area contributed by atoms with E-state index in [4.69, 9.17) is 22.0 Å². The van der Waals surface area contributed by atoms with Gasteiger partial charge in [0.15, 0.2) is 11.6 Å². The van der Waals surface area contributed by atoms with Crippen LogP contribution >= 0.6 is 0 Å². The first kappa shape index (κ1) is 22.4. The van der Waals surface area contributed by atoms with Crippen LogP contribution in [0.5, 0.6) is 5.75 Å². The van der Waals surface area contributed by atoms with Crippen molar-refractivity contribution in [3.63, 3.8) is 0 Å². The molecule has 36 heavy (non-hydrogen) atoms. The molecule has 2 bridgehead atoms. The number of fused-ring (bicyclic) bond motifs is 3. The average Bonchev–Trinajstić information content (AvgIpc) is 3.43. The van der Waals surface area contributed by atoms with E-state index < -0.39 is 11.6 Å². The molecule has 2 N–H and O–H groups in total. The number of rotatable bonds is 4. The van der Waals surface area contributed by atoms with Crippen LogP contribution in [0.15, 0.2) is 48.8 Å². The predicted octanol–water partition coefficient (Wildman–Crippen LogP) is 5.07. The monoisotopic (exact) mass is 486 g/mol. The number of nitrogens with zero attached hydrogens (tertiary/aromatic N) is 5. The fourth-order valence-corrected chi connectivity index (χ4v) is 5.66. The topological polar surface area (TPSA) is 73.0 Å². The zero-order valence-corrected chi connectivity index (χ0v) is 19.7. The van der Waals surface area contributed by atoms with Gasteiger partial charge >= 0.3 is 0 Å². The molecule has 1 aliphatic carbocycles. The highest BCUT2D eigenvalue weighted by molar-refractivity contribution is 5.91. The number of anilines is 1. The number of piperidine rings is 1. The molecule has 182 valence electrons. The fourth-order valence-electron chi connectivity index (χ4n) is 5.66. The molecule has 7 nitrogen and oxygen atoms in total. The summed E-state index contributed by atoms with van der Waals surface area (Å²) < 4.78 is 36.5. The van der Waals surface area contributed by atoms with Crippen molar-refractivity contribution in [1.82, 2.24) is 14.4 Å². The van der Waals surface area contributed by atoms with E-state index in [1.807, 2.05) is 10.6 Å².